The van der Waals surface area contributed by atoms with Crippen LogP contribution in [0.15, 0.2) is 51.5 Å². The van der Waals surface area contributed by atoms with Gasteiger partial charge in [-0.2, -0.15) is 10.4 Å². The van der Waals surface area contributed by atoms with E-state index in [1.54, 1.807) is 6.07 Å². The van der Waals surface area contributed by atoms with Gasteiger partial charge in [0.25, 0.3) is 0 Å². The van der Waals surface area contributed by atoms with Crippen LogP contribution in [0, 0.1) is 18.3 Å². The maximum absolute atomic E-state index is 11.5. The molecule has 0 atom stereocenters. The topological polar surface area (TPSA) is 94.7 Å². The Morgan fingerprint density at radius 2 is 1.81 bits per heavy atom. The molecular weight excluding hydrogens is 384 g/mol. The zero-order valence-corrected chi connectivity index (χ0v) is 16.8. The molecule has 0 fully saturated rings. The quantitative estimate of drug-likeness (QED) is 0.517. The average Bonchev–Trinajstić information content (AvgIpc) is 2.61. The van der Waals surface area contributed by atoms with Gasteiger partial charge in [-0.25, -0.2) is 8.42 Å². The summed E-state index contributed by atoms with van der Waals surface area (Å²) >= 11 is 6.11. The zero-order chi connectivity index (χ0) is 19.9. The first kappa shape index (κ1) is 21.0. The first-order chi connectivity index (χ1) is 12.8. The van der Waals surface area contributed by atoms with E-state index in [0.717, 1.165) is 30.5 Å². The van der Waals surface area contributed by atoms with Crippen LogP contribution in [-0.4, -0.2) is 27.8 Å². The summed E-state index contributed by atoms with van der Waals surface area (Å²) in [5.74, 6) is 0. The molecule has 142 valence electrons. The maximum Gasteiger partial charge on any atom is 0.175 e. The molecule has 2 rings (SSSR count). The Hall–Kier alpha value is -2.27. The number of azo groups is 1. The molecule has 0 aliphatic rings. The Kier molecular flexibility index (Phi) is 7.48. The number of halogens is 1. The normalized spacial score (nSPS) is 11.6. The number of benzene rings is 2. The highest BCUT2D eigenvalue weighted by molar-refractivity contribution is 7.90. The molecule has 0 unspecified atom stereocenters. The van der Waals surface area contributed by atoms with E-state index in [0.29, 0.717) is 18.7 Å². The highest BCUT2D eigenvalue weighted by Gasteiger charge is 2.10. The Bertz CT molecular complexity index is 982. The first-order valence-electron chi connectivity index (χ1n) is 8.40. The third-order valence-electron chi connectivity index (χ3n) is 3.88. The fourth-order valence-electron chi connectivity index (χ4n) is 2.39. The lowest BCUT2D eigenvalue weighted by molar-refractivity contribution is 0.602. The average molecular weight is 405 g/mol. The van der Waals surface area contributed by atoms with Crippen LogP contribution in [0.25, 0.3) is 0 Å². The van der Waals surface area contributed by atoms with Crippen LogP contribution < -0.4 is 5.32 Å². The molecule has 0 aromatic heterocycles. The van der Waals surface area contributed by atoms with Gasteiger partial charge >= 0.3 is 0 Å². The fourth-order valence-corrected chi connectivity index (χ4v) is 3.32. The molecule has 0 spiro atoms. The summed E-state index contributed by atoms with van der Waals surface area (Å²) in [7, 11) is -3.31. The van der Waals surface area contributed by atoms with Gasteiger partial charge in [0, 0.05) is 19.2 Å². The lowest BCUT2D eigenvalue weighted by atomic mass is 10.1. The molecule has 2 aromatic carbocycles. The van der Waals surface area contributed by atoms with E-state index >= 15 is 0 Å². The van der Waals surface area contributed by atoms with E-state index in [2.05, 4.69) is 27.7 Å². The molecule has 0 aliphatic carbocycles. The van der Waals surface area contributed by atoms with Crippen molar-refractivity contribution < 1.29 is 8.42 Å². The second-order valence-corrected chi connectivity index (χ2v) is 8.54. The number of nitrogens with one attached hydrogen (secondary N) is 1. The number of rotatable bonds is 8. The molecular formula is C19H21ClN4O2S. The monoisotopic (exact) mass is 404 g/mol. The van der Waals surface area contributed by atoms with E-state index in [4.69, 9.17) is 16.9 Å². The molecule has 27 heavy (non-hydrogen) atoms. The number of aryl methyl sites for hydroxylation is 1. The Balaban J connectivity index is 2.06. The zero-order valence-electron chi connectivity index (χ0n) is 15.2. The predicted molar refractivity (Wildman–Crippen MR) is 107 cm³/mol. The molecule has 8 heteroatoms. The van der Waals surface area contributed by atoms with Gasteiger partial charge < -0.3 is 5.32 Å². The number of sulfone groups is 1. The maximum atomic E-state index is 11.5. The SMILES string of the molecule is Cc1cc(CCNCCC#N)ccc1N=Nc1ccc(S(C)(=O)=O)cc1Cl. The van der Waals surface area contributed by atoms with Gasteiger partial charge in [0.05, 0.1) is 21.7 Å². The first-order valence-corrected chi connectivity index (χ1v) is 10.7. The van der Waals surface area contributed by atoms with Gasteiger partial charge in [-0.1, -0.05) is 23.7 Å². The van der Waals surface area contributed by atoms with Gasteiger partial charge in [0.1, 0.15) is 5.69 Å². The Morgan fingerprint density at radius 3 is 2.44 bits per heavy atom. The van der Waals surface area contributed by atoms with E-state index in [1.165, 1.54) is 17.7 Å². The van der Waals surface area contributed by atoms with Crippen LogP contribution >= 0.6 is 11.6 Å². The largest absolute Gasteiger partial charge is 0.315 e. The lowest BCUT2D eigenvalue weighted by Gasteiger charge is -2.06. The molecule has 1 N–H and O–H groups in total. The van der Waals surface area contributed by atoms with E-state index in [-0.39, 0.29) is 9.92 Å². The van der Waals surface area contributed by atoms with Gasteiger partial charge in [0.2, 0.25) is 0 Å². The summed E-state index contributed by atoms with van der Waals surface area (Å²) < 4.78 is 23.1. The highest BCUT2D eigenvalue weighted by atomic mass is 35.5. The summed E-state index contributed by atoms with van der Waals surface area (Å²) in [6, 6.07) is 12.4. The van der Waals surface area contributed by atoms with Gasteiger partial charge in [-0.3, -0.25) is 0 Å². The van der Waals surface area contributed by atoms with Gasteiger partial charge in [-0.15, -0.1) is 5.11 Å². The molecule has 2 aromatic rings. The van der Waals surface area contributed by atoms with Crippen LogP contribution in [-0.2, 0) is 16.3 Å². The fraction of sp³-hybridized carbons (Fsp3) is 0.316. The minimum Gasteiger partial charge on any atom is -0.315 e. The Labute approximate surface area is 164 Å². The van der Waals surface area contributed by atoms with E-state index in [1.807, 2.05) is 19.1 Å². The van der Waals surface area contributed by atoms with E-state index < -0.39 is 9.84 Å². The summed E-state index contributed by atoms with van der Waals surface area (Å²) in [4.78, 5) is 0.148. The number of hydrogen-bond acceptors (Lipinski definition) is 6. The van der Waals surface area contributed by atoms with Crippen molar-refractivity contribution in [1.29, 1.82) is 5.26 Å². The second-order valence-electron chi connectivity index (χ2n) is 6.11. The molecule has 0 heterocycles. The van der Waals surface area contributed by atoms with Crippen molar-refractivity contribution in [3.05, 3.63) is 52.5 Å². The molecule has 0 saturated heterocycles. The highest BCUT2D eigenvalue weighted by Crippen LogP contribution is 2.30. The minimum atomic E-state index is -3.31. The molecule has 0 bridgehead atoms. The van der Waals surface area contributed by atoms with Crippen molar-refractivity contribution in [2.45, 2.75) is 24.7 Å². The molecule has 0 radical (unpaired) electrons. The lowest BCUT2D eigenvalue weighted by Crippen LogP contribution is -2.18. The van der Waals surface area contributed by atoms with Crippen LogP contribution in [0.4, 0.5) is 11.4 Å². The number of nitriles is 1. The molecule has 0 aliphatic heterocycles. The van der Waals surface area contributed by atoms with Crippen LogP contribution in [0.2, 0.25) is 5.02 Å². The van der Waals surface area contributed by atoms with Gasteiger partial charge in [0.15, 0.2) is 9.84 Å². The van der Waals surface area contributed by atoms with Crippen molar-refractivity contribution in [2.75, 3.05) is 19.3 Å². The molecule has 0 saturated carbocycles. The number of hydrogen-bond donors (Lipinski definition) is 1. The van der Waals surface area contributed by atoms with E-state index in [9.17, 15) is 8.42 Å². The summed E-state index contributed by atoms with van der Waals surface area (Å²) in [5.41, 5.74) is 3.29. The third-order valence-corrected chi connectivity index (χ3v) is 5.29. The summed E-state index contributed by atoms with van der Waals surface area (Å²) in [6.07, 6.45) is 2.50. The van der Waals surface area contributed by atoms with Crippen LogP contribution in [0.3, 0.4) is 0 Å². The standard InChI is InChI=1S/C19H21ClN4O2S/c1-14-12-15(8-11-22-10-3-9-21)4-6-18(14)23-24-19-7-5-16(13-17(19)20)27(2,25)26/h4-7,12-13,22H,3,8,10-11H2,1-2H3. The molecule has 0 amide bonds. The van der Waals surface area contributed by atoms with Crippen molar-refractivity contribution in [3.63, 3.8) is 0 Å². The summed E-state index contributed by atoms with van der Waals surface area (Å²) in [5, 5.41) is 20.3. The third kappa shape index (κ3) is 6.43. The van der Waals surface area contributed by atoms with Crippen molar-refractivity contribution in [3.8, 4) is 6.07 Å². The van der Waals surface area contributed by atoms with Gasteiger partial charge in [-0.05, 0) is 55.3 Å². The van der Waals surface area contributed by atoms with Crippen LogP contribution in [0.1, 0.15) is 17.5 Å². The Morgan fingerprint density at radius 1 is 1.11 bits per heavy atom. The van der Waals surface area contributed by atoms with Crippen molar-refractivity contribution >= 4 is 32.8 Å². The summed E-state index contributed by atoms with van der Waals surface area (Å²) in [6.45, 7) is 3.46. The number of nitrogens with zero attached hydrogens (tertiary/aromatic N) is 3. The smallest absolute Gasteiger partial charge is 0.175 e. The van der Waals surface area contributed by atoms with Crippen LogP contribution in [0.5, 0.6) is 0 Å². The minimum absolute atomic E-state index is 0.148. The van der Waals surface area contributed by atoms with Crippen molar-refractivity contribution in [2.24, 2.45) is 10.2 Å². The van der Waals surface area contributed by atoms with Crippen molar-refractivity contribution in [1.82, 2.24) is 5.32 Å². The predicted octanol–water partition coefficient (Wildman–Crippen LogP) is 4.51. The second kappa shape index (κ2) is 9.60. The molecule has 6 nitrogen and oxygen atoms in total.